The first-order chi connectivity index (χ1) is 21.5. The predicted octanol–water partition coefficient (Wildman–Crippen LogP) is 5.51. The minimum atomic E-state index is 0.0833. The Morgan fingerprint density at radius 3 is 2.61 bits per heavy atom. The third-order valence-electron chi connectivity index (χ3n) is 11.8. The van der Waals surface area contributed by atoms with Crippen LogP contribution in [0.25, 0.3) is 27.8 Å². The number of likely N-dealkylation sites (tertiary alicyclic amines) is 2. The highest BCUT2D eigenvalue weighted by molar-refractivity contribution is 5.95. The minimum absolute atomic E-state index is 0.0833. The van der Waals surface area contributed by atoms with Gasteiger partial charge >= 0.3 is 0 Å². The van der Waals surface area contributed by atoms with Gasteiger partial charge in [-0.1, -0.05) is 18.2 Å². The molecule has 8 heteroatoms. The summed E-state index contributed by atoms with van der Waals surface area (Å²) < 4.78 is 9.58. The lowest BCUT2D eigenvalue weighted by molar-refractivity contribution is -0.136. The molecule has 3 aromatic heterocycles. The predicted molar refractivity (Wildman–Crippen MR) is 169 cm³/mol. The molecule has 5 aliphatic rings. The molecule has 228 valence electrons. The molecule has 3 unspecified atom stereocenters. The fraction of sp³-hybridized carbons (Fsp3) is 0.528. The second kappa shape index (κ2) is 9.93. The Morgan fingerprint density at radius 1 is 1.02 bits per heavy atom. The van der Waals surface area contributed by atoms with Crippen molar-refractivity contribution in [2.45, 2.75) is 64.0 Å². The van der Waals surface area contributed by atoms with Crippen LogP contribution < -0.4 is 0 Å². The molecule has 9 rings (SSSR count). The first kappa shape index (κ1) is 26.7. The third-order valence-corrected chi connectivity index (χ3v) is 11.8. The summed E-state index contributed by atoms with van der Waals surface area (Å²) in [5.41, 5.74) is 7.82. The molecule has 2 amide bonds. The molecule has 0 bridgehead atoms. The van der Waals surface area contributed by atoms with Crippen molar-refractivity contribution in [2.24, 2.45) is 23.7 Å². The maximum Gasteiger partial charge on any atom is 0.255 e. The average Bonchev–Trinajstić information content (AvgIpc) is 3.69. The third kappa shape index (κ3) is 4.02. The largest absolute Gasteiger partial charge is 0.375 e. The number of carbonyl (C=O) groups is 2. The Morgan fingerprint density at radius 2 is 1.86 bits per heavy atom. The van der Waals surface area contributed by atoms with E-state index in [4.69, 9.17) is 9.84 Å². The van der Waals surface area contributed by atoms with Gasteiger partial charge in [0.2, 0.25) is 5.91 Å². The Bertz CT molecular complexity index is 1810. The van der Waals surface area contributed by atoms with Gasteiger partial charge in [-0.2, -0.15) is 5.10 Å². The minimum Gasteiger partial charge on any atom is -0.375 e. The van der Waals surface area contributed by atoms with Gasteiger partial charge in [0.05, 0.1) is 22.3 Å². The summed E-state index contributed by atoms with van der Waals surface area (Å²) in [6, 6.07) is 13.6. The number of piperidine rings is 1. The summed E-state index contributed by atoms with van der Waals surface area (Å²) in [6.45, 7) is 5.79. The van der Waals surface area contributed by atoms with Crippen molar-refractivity contribution in [2.75, 3.05) is 33.4 Å². The smallest absolute Gasteiger partial charge is 0.255 e. The summed E-state index contributed by atoms with van der Waals surface area (Å²) in [6.07, 6.45) is 8.94. The van der Waals surface area contributed by atoms with Crippen LogP contribution in [0.1, 0.15) is 65.9 Å². The highest BCUT2D eigenvalue weighted by atomic mass is 16.5. The van der Waals surface area contributed by atoms with Crippen molar-refractivity contribution in [3.63, 3.8) is 0 Å². The van der Waals surface area contributed by atoms with Crippen LogP contribution in [0.2, 0.25) is 0 Å². The zero-order chi connectivity index (χ0) is 29.7. The van der Waals surface area contributed by atoms with E-state index >= 15 is 0 Å². The highest BCUT2D eigenvalue weighted by Crippen LogP contribution is 2.60. The second-order valence-electron chi connectivity index (χ2n) is 14.3. The van der Waals surface area contributed by atoms with Crippen LogP contribution in [0, 0.1) is 30.6 Å². The van der Waals surface area contributed by atoms with Crippen molar-refractivity contribution in [1.82, 2.24) is 24.0 Å². The number of hydrogen-bond donors (Lipinski definition) is 0. The van der Waals surface area contributed by atoms with E-state index in [-0.39, 0.29) is 18.4 Å². The Hall–Kier alpha value is -3.65. The van der Waals surface area contributed by atoms with Gasteiger partial charge in [-0.05, 0) is 98.8 Å². The van der Waals surface area contributed by atoms with Crippen LogP contribution in [-0.4, -0.2) is 75.2 Å². The number of ether oxygens (including phenoxy) is 1. The van der Waals surface area contributed by atoms with E-state index in [0.717, 1.165) is 84.8 Å². The first-order valence-electron chi connectivity index (χ1n) is 16.7. The summed E-state index contributed by atoms with van der Waals surface area (Å²) >= 11 is 0. The molecule has 8 nitrogen and oxygen atoms in total. The normalized spacial score (nSPS) is 26.2. The topological polar surface area (TPSA) is 72.1 Å². The van der Waals surface area contributed by atoms with Gasteiger partial charge in [-0.15, -0.1) is 0 Å². The zero-order valence-corrected chi connectivity index (χ0v) is 25.7. The molecule has 3 saturated carbocycles. The molecule has 44 heavy (non-hydrogen) atoms. The van der Waals surface area contributed by atoms with Crippen molar-refractivity contribution in [3.05, 3.63) is 59.3 Å². The van der Waals surface area contributed by atoms with E-state index in [0.29, 0.717) is 17.9 Å². The lowest BCUT2D eigenvalue weighted by Gasteiger charge is -2.52. The number of aromatic nitrogens is 3. The Kier molecular flexibility index (Phi) is 6.03. The van der Waals surface area contributed by atoms with E-state index in [9.17, 15) is 9.59 Å². The van der Waals surface area contributed by atoms with E-state index in [1.54, 1.807) is 7.11 Å². The van der Waals surface area contributed by atoms with Crippen LogP contribution in [0.15, 0.2) is 42.6 Å². The molecular formula is C36H41N5O3. The fourth-order valence-electron chi connectivity index (χ4n) is 9.19. The number of hydrogen-bond acceptors (Lipinski definition) is 4. The molecule has 3 aliphatic carbocycles. The standard InChI is InChI=1S/C36H41N5O3/c1-21-29-9-8-25(36(43)40-18-27-14-26-16-30(40)33(26)27)19-41(29)37-34(21)31-15-24-4-3-5-28(35(24)39(31)17-22-6-7-22)23-10-12-38(13-11-23)32(42)20-44-2/h3-5,8-9,15,19,22-23,26-27,30,33H,6-7,10-14,16-18,20H2,1-2H3/t26?,27?,30?,33-/m1/s1. The summed E-state index contributed by atoms with van der Waals surface area (Å²) in [5.74, 6) is 3.74. The number of para-hydroxylation sites is 1. The highest BCUT2D eigenvalue weighted by Gasteiger charge is 2.61. The second-order valence-corrected chi connectivity index (χ2v) is 14.3. The maximum atomic E-state index is 13.6. The average molecular weight is 592 g/mol. The van der Waals surface area contributed by atoms with Gasteiger partial charge in [-0.3, -0.25) is 9.59 Å². The quantitative estimate of drug-likeness (QED) is 0.284. The van der Waals surface area contributed by atoms with E-state index in [1.165, 1.54) is 42.1 Å². The molecule has 4 atom stereocenters. The zero-order valence-electron chi connectivity index (χ0n) is 25.7. The monoisotopic (exact) mass is 591 g/mol. The van der Waals surface area contributed by atoms with Gasteiger partial charge in [0.1, 0.15) is 12.3 Å². The Balaban J connectivity index is 1.07. The summed E-state index contributed by atoms with van der Waals surface area (Å²) in [5, 5.41) is 6.42. The van der Waals surface area contributed by atoms with E-state index in [2.05, 4.69) is 46.7 Å². The number of pyridine rings is 1. The first-order valence-corrected chi connectivity index (χ1v) is 16.7. The number of methoxy groups -OCH3 is 1. The molecule has 0 radical (unpaired) electrons. The van der Waals surface area contributed by atoms with Gasteiger partial charge in [0.15, 0.2) is 0 Å². The van der Waals surface area contributed by atoms with Crippen LogP contribution in [0.5, 0.6) is 0 Å². The van der Waals surface area contributed by atoms with Crippen molar-refractivity contribution < 1.29 is 14.3 Å². The maximum absolute atomic E-state index is 13.6. The molecule has 5 fully saturated rings. The van der Waals surface area contributed by atoms with E-state index in [1.807, 2.05) is 21.7 Å². The van der Waals surface area contributed by atoms with Crippen molar-refractivity contribution in [1.29, 1.82) is 0 Å². The van der Waals surface area contributed by atoms with E-state index < -0.39 is 0 Å². The number of benzene rings is 1. The molecule has 1 aromatic carbocycles. The Labute approximate surface area is 257 Å². The number of rotatable bonds is 7. The van der Waals surface area contributed by atoms with Gasteiger partial charge in [0.25, 0.3) is 5.91 Å². The van der Waals surface area contributed by atoms with Gasteiger partial charge < -0.3 is 19.1 Å². The number of amides is 2. The molecule has 5 heterocycles. The van der Waals surface area contributed by atoms with Gasteiger partial charge in [-0.25, -0.2) is 4.52 Å². The fourth-order valence-corrected chi connectivity index (χ4v) is 9.19. The molecule has 2 saturated heterocycles. The summed E-state index contributed by atoms with van der Waals surface area (Å²) in [4.78, 5) is 30.2. The lowest BCUT2D eigenvalue weighted by Crippen LogP contribution is -2.53. The molecule has 4 aromatic rings. The van der Waals surface area contributed by atoms with Crippen LogP contribution in [0.3, 0.4) is 0 Å². The van der Waals surface area contributed by atoms with Crippen molar-refractivity contribution >= 4 is 28.2 Å². The number of aryl methyl sites for hydroxylation is 1. The lowest BCUT2D eigenvalue weighted by atomic mass is 9.53. The number of nitrogens with zero attached hydrogens (tertiary/aromatic N) is 5. The summed E-state index contributed by atoms with van der Waals surface area (Å²) in [7, 11) is 1.58. The molecule has 0 N–H and O–H groups in total. The SMILES string of the molecule is COCC(=O)N1CCC(c2cccc3cc(-c4nn5cc(C(=O)N6CC7CC8CC6[C@H]87)ccc5c4C)n(CC4CC4)c23)CC1. The van der Waals surface area contributed by atoms with Crippen LogP contribution in [0.4, 0.5) is 0 Å². The van der Waals surface area contributed by atoms with Crippen LogP contribution in [-0.2, 0) is 16.1 Å². The molecule has 0 spiro atoms. The van der Waals surface area contributed by atoms with Crippen LogP contribution >= 0.6 is 0 Å². The molecular weight excluding hydrogens is 550 g/mol. The molecule has 2 aliphatic heterocycles. The number of fused-ring (bicyclic) bond motifs is 2. The van der Waals surface area contributed by atoms with Crippen molar-refractivity contribution in [3.8, 4) is 11.4 Å². The number of carbonyl (C=O) groups excluding carboxylic acids is 2. The van der Waals surface area contributed by atoms with Gasteiger partial charge in [0, 0.05) is 56.5 Å².